The van der Waals surface area contributed by atoms with Gasteiger partial charge in [-0.3, -0.25) is 4.90 Å². The Kier molecular flexibility index (Phi) is 5.68. The van der Waals surface area contributed by atoms with Crippen LogP contribution in [-0.2, 0) is 0 Å². The van der Waals surface area contributed by atoms with Gasteiger partial charge in [0.2, 0.25) is 0 Å². The number of nitrogens with one attached hydrogen (secondary N) is 2. The molecule has 0 bridgehead atoms. The third kappa shape index (κ3) is 4.69. The first-order chi connectivity index (χ1) is 9.65. The maximum atomic E-state index is 11.8. The van der Waals surface area contributed by atoms with Crippen LogP contribution in [0.3, 0.4) is 0 Å². The summed E-state index contributed by atoms with van der Waals surface area (Å²) in [6.07, 6.45) is 3.84. The van der Waals surface area contributed by atoms with Crippen molar-refractivity contribution in [1.82, 2.24) is 10.2 Å². The van der Waals surface area contributed by atoms with Crippen molar-refractivity contribution in [2.75, 3.05) is 25.0 Å². The number of likely N-dealkylation sites (tertiary alicyclic amines) is 1. The number of nitrogens with zero attached hydrogens (tertiary/aromatic N) is 1. The molecular formula is C15H22ClN3O. The van der Waals surface area contributed by atoms with E-state index in [9.17, 15) is 4.79 Å². The molecule has 2 rings (SSSR count). The van der Waals surface area contributed by atoms with Crippen molar-refractivity contribution >= 4 is 23.3 Å². The van der Waals surface area contributed by atoms with Crippen molar-refractivity contribution in [3.8, 4) is 0 Å². The van der Waals surface area contributed by atoms with Gasteiger partial charge in [0.25, 0.3) is 0 Å². The van der Waals surface area contributed by atoms with Crippen molar-refractivity contribution in [2.45, 2.75) is 32.2 Å². The van der Waals surface area contributed by atoms with Gasteiger partial charge in [-0.25, -0.2) is 4.79 Å². The SMILES string of the molecule is C[C@H]1CCCCN1CCNC(=O)Nc1cccc(Cl)c1. The van der Waals surface area contributed by atoms with Crippen LogP contribution in [0.25, 0.3) is 0 Å². The molecule has 1 aliphatic heterocycles. The van der Waals surface area contributed by atoms with E-state index < -0.39 is 0 Å². The number of hydrogen-bond donors (Lipinski definition) is 2. The molecule has 4 nitrogen and oxygen atoms in total. The lowest BCUT2D eigenvalue weighted by molar-refractivity contribution is 0.162. The van der Waals surface area contributed by atoms with Crippen molar-refractivity contribution in [2.24, 2.45) is 0 Å². The van der Waals surface area contributed by atoms with Crippen LogP contribution in [0, 0.1) is 0 Å². The summed E-state index contributed by atoms with van der Waals surface area (Å²) in [6.45, 7) is 4.96. The summed E-state index contributed by atoms with van der Waals surface area (Å²) in [4.78, 5) is 14.2. The van der Waals surface area contributed by atoms with Gasteiger partial charge in [-0.05, 0) is 44.5 Å². The topological polar surface area (TPSA) is 44.4 Å². The maximum absolute atomic E-state index is 11.8. The molecule has 110 valence electrons. The Morgan fingerprint density at radius 2 is 2.30 bits per heavy atom. The lowest BCUT2D eigenvalue weighted by atomic mass is 10.0. The van der Waals surface area contributed by atoms with E-state index >= 15 is 0 Å². The Balaban J connectivity index is 1.70. The minimum Gasteiger partial charge on any atom is -0.337 e. The molecule has 1 saturated heterocycles. The van der Waals surface area contributed by atoms with E-state index in [1.165, 1.54) is 19.3 Å². The molecule has 0 saturated carbocycles. The highest BCUT2D eigenvalue weighted by Crippen LogP contribution is 2.16. The van der Waals surface area contributed by atoms with Crippen LogP contribution >= 0.6 is 11.6 Å². The normalized spacial score (nSPS) is 19.6. The molecule has 2 N–H and O–H groups in total. The van der Waals surface area contributed by atoms with Crippen molar-refractivity contribution in [3.05, 3.63) is 29.3 Å². The first-order valence-electron chi connectivity index (χ1n) is 7.19. The summed E-state index contributed by atoms with van der Waals surface area (Å²) in [7, 11) is 0. The zero-order valence-electron chi connectivity index (χ0n) is 11.9. The van der Waals surface area contributed by atoms with Gasteiger partial charge in [0, 0.05) is 29.8 Å². The molecule has 0 spiro atoms. The summed E-state index contributed by atoms with van der Waals surface area (Å²) in [5, 5.41) is 6.28. The number of carbonyl (C=O) groups excluding carboxylic acids is 1. The number of benzene rings is 1. The monoisotopic (exact) mass is 295 g/mol. The largest absolute Gasteiger partial charge is 0.337 e. The molecule has 20 heavy (non-hydrogen) atoms. The molecule has 2 amide bonds. The molecule has 0 aliphatic carbocycles. The van der Waals surface area contributed by atoms with E-state index in [0.29, 0.717) is 23.3 Å². The fourth-order valence-corrected chi connectivity index (χ4v) is 2.73. The number of halogens is 1. The summed E-state index contributed by atoms with van der Waals surface area (Å²) in [5.41, 5.74) is 0.710. The summed E-state index contributed by atoms with van der Waals surface area (Å²) in [5.74, 6) is 0. The number of piperidine rings is 1. The lowest BCUT2D eigenvalue weighted by Gasteiger charge is -2.33. The average Bonchev–Trinajstić information content (AvgIpc) is 2.41. The Hall–Kier alpha value is -1.26. The lowest BCUT2D eigenvalue weighted by Crippen LogP contribution is -2.43. The van der Waals surface area contributed by atoms with Crippen LogP contribution < -0.4 is 10.6 Å². The minimum atomic E-state index is -0.183. The average molecular weight is 296 g/mol. The second-order valence-corrected chi connectivity index (χ2v) is 5.71. The molecule has 1 heterocycles. The number of hydrogen-bond acceptors (Lipinski definition) is 2. The van der Waals surface area contributed by atoms with Crippen molar-refractivity contribution < 1.29 is 4.79 Å². The predicted octanol–water partition coefficient (Wildman–Crippen LogP) is 3.34. The number of anilines is 1. The van der Waals surface area contributed by atoms with Gasteiger partial charge in [0.05, 0.1) is 0 Å². The van der Waals surface area contributed by atoms with Crippen LogP contribution in [0.15, 0.2) is 24.3 Å². The minimum absolute atomic E-state index is 0.183. The van der Waals surface area contributed by atoms with Crippen LogP contribution in [0.5, 0.6) is 0 Å². The summed E-state index contributed by atoms with van der Waals surface area (Å²) < 4.78 is 0. The fraction of sp³-hybridized carbons (Fsp3) is 0.533. The Morgan fingerprint density at radius 3 is 3.05 bits per heavy atom. The zero-order chi connectivity index (χ0) is 14.4. The van der Waals surface area contributed by atoms with Gasteiger partial charge in [-0.1, -0.05) is 24.1 Å². The molecule has 1 aromatic rings. The molecule has 1 fully saturated rings. The van der Waals surface area contributed by atoms with Crippen LogP contribution in [0.2, 0.25) is 5.02 Å². The van der Waals surface area contributed by atoms with Crippen LogP contribution in [0.1, 0.15) is 26.2 Å². The van der Waals surface area contributed by atoms with Gasteiger partial charge < -0.3 is 10.6 Å². The Bertz CT molecular complexity index is 452. The van der Waals surface area contributed by atoms with Gasteiger partial charge in [0.1, 0.15) is 0 Å². The molecule has 0 aromatic heterocycles. The van der Waals surface area contributed by atoms with Gasteiger partial charge >= 0.3 is 6.03 Å². The number of carbonyl (C=O) groups is 1. The van der Waals surface area contributed by atoms with Crippen LogP contribution in [0.4, 0.5) is 10.5 Å². The Morgan fingerprint density at radius 1 is 1.45 bits per heavy atom. The molecule has 5 heteroatoms. The number of amides is 2. The Labute approximate surface area is 125 Å². The highest BCUT2D eigenvalue weighted by molar-refractivity contribution is 6.30. The second-order valence-electron chi connectivity index (χ2n) is 5.27. The van der Waals surface area contributed by atoms with E-state index in [1.807, 2.05) is 12.1 Å². The molecule has 1 aromatic carbocycles. The number of rotatable bonds is 4. The summed E-state index contributed by atoms with van der Waals surface area (Å²) >= 11 is 5.87. The zero-order valence-corrected chi connectivity index (χ0v) is 12.6. The quantitative estimate of drug-likeness (QED) is 0.895. The maximum Gasteiger partial charge on any atom is 0.319 e. The second kappa shape index (κ2) is 7.50. The standard InChI is InChI=1S/C15H22ClN3O/c1-12-5-2-3-9-19(12)10-8-17-15(20)18-14-7-4-6-13(16)11-14/h4,6-7,11-12H,2-3,5,8-10H2,1H3,(H2,17,18,20)/t12-/m0/s1. The molecule has 0 radical (unpaired) electrons. The first kappa shape index (κ1) is 15.1. The first-order valence-corrected chi connectivity index (χ1v) is 7.57. The highest BCUT2D eigenvalue weighted by Gasteiger charge is 2.17. The molecular weight excluding hydrogens is 274 g/mol. The predicted molar refractivity (Wildman–Crippen MR) is 83.4 cm³/mol. The van der Waals surface area contributed by atoms with Gasteiger partial charge in [0.15, 0.2) is 0 Å². The van der Waals surface area contributed by atoms with E-state index in [0.717, 1.165) is 13.1 Å². The van der Waals surface area contributed by atoms with Crippen LogP contribution in [-0.4, -0.2) is 36.6 Å². The van der Waals surface area contributed by atoms with Crippen molar-refractivity contribution in [1.29, 1.82) is 0 Å². The third-order valence-electron chi connectivity index (χ3n) is 3.71. The van der Waals surface area contributed by atoms with E-state index in [1.54, 1.807) is 12.1 Å². The summed E-state index contributed by atoms with van der Waals surface area (Å²) in [6, 6.07) is 7.58. The smallest absolute Gasteiger partial charge is 0.319 e. The van der Waals surface area contributed by atoms with Gasteiger partial charge in [-0.15, -0.1) is 0 Å². The van der Waals surface area contributed by atoms with Gasteiger partial charge in [-0.2, -0.15) is 0 Å². The third-order valence-corrected chi connectivity index (χ3v) is 3.94. The number of urea groups is 1. The molecule has 0 unspecified atom stereocenters. The van der Waals surface area contributed by atoms with Crippen molar-refractivity contribution in [3.63, 3.8) is 0 Å². The molecule has 1 atom stereocenters. The molecule has 1 aliphatic rings. The van der Waals surface area contributed by atoms with E-state index in [-0.39, 0.29) is 6.03 Å². The highest BCUT2D eigenvalue weighted by atomic mass is 35.5. The fourth-order valence-electron chi connectivity index (χ4n) is 2.54. The van der Waals surface area contributed by atoms with E-state index in [2.05, 4.69) is 22.5 Å². The van der Waals surface area contributed by atoms with E-state index in [4.69, 9.17) is 11.6 Å².